The number of halogens is 3. The molecule has 19 heavy (non-hydrogen) atoms. The van der Waals surface area contributed by atoms with Gasteiger partial charge >= 0.3 is 12.0 Å². The van der Waals surface area contributed by atoms with Crippen molar-refractivity contribution in [3.05, 3.63) is 34.1 Å². The molecule has 1 amide bonds. The highest BCUT2D eigenvalue weighted by atomic mass is 19.1. The van der Waals surface area contributed by atoms with E-state index < -0.39 is 41.2 Å². The van der Waals surface area contributed by atoms with Crippen LogP contribution in [-0.4, -0.2) is 35.9 Å². The molecule has 1 rings (SSSR count). The highest BCUT2D eigenvalue weighted by molar-refractivity contribution is 5.79. The van der Waals surface area contributed by atoms with Crippen LogP contribution in [-0.2, 0) is 4.79 Å². The molecule has 1 aromatic carbocycles. The number of ether oxygens (including phenoxy) is 1. The van der Waals surface area contributed by atoms with Gasteiger partial charge in [-0.1, -0.05) is 0 Å². The monoisotopic (exact) mass is 278 g/mol. The van der Waals surface area contributed by atoms with Gasteiger partial charge in [-0.3, -0.25) is 14.9 Å². The molecular formula is C10H9F3N2O4. The number of amides is 1. The zero-order chi connectivity index (χ0) is 14.6. The van der Waals surface area contributed by atoms with Crippen LogP contribution >= 0.6 is 0 Å². The summed E-state index contributed by atoms with van der Waals surface area (Å²) in [5.41, 5.74) is -0.709. The zero-order valence-electron chi connectivity index (χ0n) is 9.68. The first-order chi connectivity index (χ1) is 8.86. The van der Waals surface area contributed by atoms with Crippen molar-refractivity contribution in [2.24, 2.45) is 0 Å². The number of nitro benzene ring substituents is 1. The summed E-state index contributed by atoms with van der Waals surface area (Å²) in [6, 6.07) is 2.11. The van der Waals surface area contributed by atoms with Crippen LogP contribution in [0.2, 0.25) is 0 Å². The van der Waals surface area contributed by atoms with Gasteiger partial charge in [-0.2, -0.15) is 4.39 Å². The number of rotatable bonds is 5. The first-order valence-electron chi connectivity index (χ1n) is 4.92. The summed E-state index contributed by atoms with van der Waals surface area (Å²) in [4.78, 5) is 21.2. The third kappa shape index (κ3) is 3.57. The van der Waals surface area contributed by atoms with Crippen LogP contribution in [0.1, 0.15) is 0 Å². The van der Waals surface area contributed by atoms with E-state index in [1.165, 1.54) is 0 Å². The van der Waals surface area contributed by atoms with Crippen molar-refractivity contribution in [1.29, 1.82) is 0 Å². The molecule has 0 saturated carbocycles. The summed E-state index contributed by atoms with van der Waals surface area (Å²) in [6.07, 6.45) is -2.67. The highest BCUT2D eigenvalue weighted by Gasteiger charge is 2.26. The van der Waals surface area contributed by atoms with Crippen LogP contribution in [0.15, 0.2) is 18.2 Å². The van der Waals surface area contributed by atoms with Crippen molar-refractivity contribution in [3.8, 4) is 5.75 Å². The summed E-state index contributed by atoms with van der Waals surface area (Å²) in [5, 5.41) is 10.6. The number of benzene rings is 1. The van der Waals surface area contributed by atoms with E-state index in [2.05, 4.69) is 4.74 Å². The smallest absolute Gasteiger partial charge is 0.317 e. The van der Waals surface area contributed by atoms with Crippen molar-refractivity contribution >= 4 is 11.6 Å². The van der Waals surface area contributed by atoms with E-state index in [1.807, 2.05) is 0 Å². The molecule has 0 aromatic heterocycles. The lowest BCUT2D eigenvalue weighted by Gasteiger charge is -2.16. The summed E-state index contributed by atoms with van der Waals surface area (Å²) in [5.74, 6) is -3.03. The average molecular weight is 278 g/mol. The van der Waals surface area contributed by atoms with Crippen LogP contribution in [0.4, 0.5) is 18.9 Å². The number of nitro groups is 1. The largest absolute Gasteiger partial charge is 0.444 e. The lowest BCUT2D eigenvalue weighted by Crippen LogP contribution is -2.36. The standard InChI is InChI=1S/C10H9F3N2O4/c1-14(5-11)10(16)9(13)19-8-4-6(12)2-3-7(8)15(17)18/h2-4,9H,5H2,1H3. The van der Waals surface area contributed by atoms with Gasteiger partial charge in [0.2, 0.25) is 5.75 Å². The Hall–Kier alpha value is -2.32. The van der Waals surface area contributed by atoms with Gasteiger partial charge in [0.05, 0.1) is 4.92 Å². The molecule has 0 fully saturated rings. The average Bonchev–Trinajstić information content (AvgIpc) is 2.36. The van der Waals surface area contributed by atoms with Crippen LogP contribution in [0.5, 0.6) is 5.75 Å². The SMILES string of the molecule is CN(CF)C(=O)C(F)Oc1cc(F)ccc1[N+](=O)[O-]. The molecule has 1 atom stereocenters. The minimum Gasteiger partial charge on any atom is -0.444 e. The Labute approximate surface area is 105 Å². The second-order valence-electron chi connectivity index (χ2n) is 3.46. The summed E-state index contributed by atoms with van der Waals surface area (Å²) in [6.45, 7) is -1.26. The quantitative estimate of drug-likeness (QED) is 0.467. The van der Waals surface area contributed by atoms with Crippen molar-refractivity contribution < 1.29 is 27.6 Å². The van der Waals surface area contributed by atoms with Gasteiger partial charge in [-0.05, 0) is 6.07 Å². The number of hydrogen-bond donors (Lipinski definition) is 0. The maximum atomic E-state index is 13.4. The first kappa shape index (κ1) is 14.7. The number of carbonyl (C=O) groups is 1. The van der Waals surface area contributed by atoms with E-state index in [4.69, 9.17) is 0 Å². The van der Waals surface area contributed by atoms with E-state index in [0.717, 1.165) is 19.2 Å². The minimum atomic E-state index is -2.67. The predicted molar refractivity (Wildman–Crippen MR) is 57.3 cm³/mol. The van der Waals surface area contributed by atoms with E-state index >= 15 is 0 Å². The molecule has 0 heterocycles. The van der Waals surface area contributed by atoms with Crippen LogP contribution in [0.3, 0.4) is 0 Å². The Morgan fingerprint density at radius 2 is 2.21 bits per heavy atom. The zero-order valence-corrected chi connectivity index (χ0v) is 9.68. The van der Waals surface area contributed by atoms with E-state index in [1.54, 1.807) is 0 Å². The van der Waals surface area contributed by atoms with Crippen molar-refractivity contribution in [3.63, 3.8) is 0 Å². The summed E-state index contributed by atoms with van der Waals surface area (Å²) < 4.78 is 42.8. The second-order valence-corrected chi connectivity index (χ2v) is 3.46. The third-order valence-corrected chi connectivity index (χ3v) is 2.10. The molecule has 0 aliphatic carbocycles. The Kier molecular flexibility index (Phi) is 4.67. The first-order valence-corrected chi connectivity index (χ1v) is 4.92. The predicted octanol–water partition coefficient (Wildman–Crippen LogP) is 1.79. The fourth-order valence-corrected chi connectivity index (χ4v) is 1.13. The van der Waals surface area contributed by atoms with Crippen LogP contribution in [0.25, 0.3) is 0 Å². The minimum absolute atomic E-state index is 0.371. The van der Waals surface area contributed by atoms with Crippen molar-refractivity contribution in [1.82, 2.24) is 4.90 Å². The number of nitrogens with zero attached hydrogens (tertiary/aromatic N) is 2. The highest BCUT2D eigenvalue weighted by Crippen LogP contribution is 2.28. The van der Waals surface area contributed by atoms with E-state index in [9.17, 15) is 28.1 Å². The molecule has 0 radical (unpaired) electrons. The van der Waals surface area contributed by atoms with Gasteiger partial charge in [-0.15, -0.1) is 0 Å². The molecular weight excluding hydrogens is 269 g/mol. The molecule has 0 spiro atoms. The third-order valence-electron chi connectivity index (χ3n) is 2.10. The number of hydrogen-bond acceptors (Lipinski definition) is 4. The Bertz CT molecular complexity index is 498. The van der Waals surface area contributed by atoms with E-state index in [0.29, 0.717) is 11.0 Å². The summed E-state index contributed by atoms with van der Waals surface area (Å²) in [7, 11) is 0.970. The van der Waals surface area contributed by atoms with Gasteiger partial charge < -0.3 is 9.64 Å². The van der Waals surface area contributed by atoms with Gasteiger partial charge in [0, 0.05) is 19.2 Å². The van der Waals surface area contributed by atoms with E-state index in [-0.39, 0.29) is 0 Å². The topological polar surface area (TPSA) is 72.7 Å². The number of alkyl halides is 2. The number of likely N-dealkylation sites (N-methyl/N-ethyl adjacent to an activating group) is 1. The van der Waals surface area contributed by atoms with Gasteiger partial charge in [0.25, 0.3) is 5.91 Å². The van der Waals surface area contributed by atoms with Crippen molar-refractivity contribution in [2.45, 2.75) is 6.36 Å². The Balaban J connectivity index is 2.95. The van der Waals surface area contributed by atoms with Gasteiger partial charge in [0.15, 0.2) is 6.80 Å². The lowest BCUT2D eigenvalue weighted by atomic mass is 10.3. The van der Waals surface area contributed by atoms with Crippen LogP contribution in [0, 0.1) is 15.9 Å². The molecule has 1 aromatic rings. The number of carbonyl (C=O) groups excluding carboxylic acids is 1. The second kappa shape index (κ2) is 6.03. The summed E-state index contributed by atoms with van der Waals surface area (Å²) >= 11 is 0. The van der Waals surface area contributed by atoms with Crippen LogP contribution < -0.4 is 4.74 Å². The molecule has 0 N–H and O–H groups in total. The van der Waals surface area contributed by atoms with Crippen molar-refractivity contribution in [2.75, 3.05) is 13.8 Å². The Morgan fingerprint density at radius 3 is 2.74 bits per heavy atom. The fourth-order valence-electron chi connectivity index (χ4n) is 1.13. The van der Waals surface area contributed by atoms with Gasteiger partial charge in [0.1, 0.15) is 5.82 Å². The lowest BCUT2D eigenvalue weighted by molar-refractivity contribution is -0.386. The normalized spacial score (nSPS) is 11.8. The molecule has 0 saturated heterocycles. The fraction of sp³-hybridized carbons (Fsp3) is 0.300. The molecule has 6 nitrogen and oxygen atoms in total. The molecule has 9 heteroatoms. The molecule has 0 aliphatic heterocycles. The molecule has 1 unspecified atom stereocenters. The maximum absolute atomic E-state index is 13.4. The maximum Gasteiger partial charge on any atom is 0.317 e. The Morgan fingerprint density at radius 1 is 1.58 bits per heavy atom. The van der Waals surface area contributed by atoms with Gasteiger partial charge in [-0.25, -0.2) is 8.78 Å². The molecule has 0 aliphatic rings. The molecule has 0 bridgehead atoms. The molecule has 104 valence electrons.